The van der Waals surface area contributed by atoms with Crippen molar-refractivity contribution in [3.8, 4) is 0 Å². The minimum absolute atomic E-state index is 0.435. The molecule has 3 atom stereocenters. The standard InChI is InChI=1S/C14H28N2O/c1-12(11-16-9-5-6-10-16)15-13-7-3-4-8-14(13)17-2/h12-15H,3-11H2,1-2H3. The Bertz CT molecular complexity index is 216. The normalized spacial score (nSPS) is 32.8. The molecule has 2 aliphatic rings. The molecule has 2 rings (SSSR count). The lowest BCUT2D eigenvalue weighted by atomic mass is 9.92. The van der Waals surface area contributed by atoms with E-state index in [4.69, 9.17) is 4.74 Å². The number of rotatable bonds is 5. The Balaban J connectivity index is 1.73. The van der Waals surface area contributed by atoms with Crippen LogP contribution in [0.5, 0.6) is 0 Å². The van der Waals surface area contributed by atoms with Gasteiger partial charge in [-0.3, -0.25) is 0 Å². The fourth-order valence-electron chi connectivity index (χ4n) is 3.34. The Morgan fingerprint density at radius 3 is 2.59 bits per heavy atom. The molecule has 1 N–H and O–H groups in total. The van der Waals surface area contributed by atoms with Crippen LogP contribution in [0.1, 0.15) is 45.4 Å². The molecule has 1 aliphatic carbocycles. The van der Waals surface area contributed by atoms with Crippen molar-refractivity contribution in [2.75, 3.05) is 26.7 Å². The first-order valence-electron chi connectivity index (χ1n) is 7.31. The number of nitrogens with zero attached hydrogens (tertiary/aromatic N) is 1. The first-order valence-corrected chi connectivity index (χ1v) is 7.31. The molecule has 2 fully saturated rings. The van der Waals surface area contributed by atoms with Gasteiger partial charge in [0, 0.05) is 25.7 Å². The lowest BCUT2D eigenvalue weighted by Crippen LogP contribution is -2.50. The molecule has 0 bridgehead atoms. The van der Waals surface area contributed by atoms with E-state index in [-0.39, 0.29) is 0 Å². The molecule has 0 spiro atoms. The van der Waals surface area contributed by atoms with Gasteiger partial charge >= 0.3 is 0 Å². The van der Waals surface area contributed by atoms with Gasteiger partial charge < -0.3 is 15.0 Å². The van der Waals surface area contributed by atoms with Crippen LogP contribution in [0.4, 0.5) is 0 Å². The van der Waals surface area contributed by atoms with Crippen LogP contribution in [0.3, 0.4) is 0 Å². The van der Waals surface area contributed by atoms with Gasteiger partial charge in [0.2, 0.25) is 0 Å². The number of hydrogen-bond acceptors (Lipinski definition) is 3. The molecule has 0 amide bonds. The van der Waals surface area contributed by atoms with Crippen molar-refractivity contribution in [3.05, 3.63) is 0 Å². The average Bonchev–Trinajstić information content (AvgIpc) is 2.82. The highest BCUT2D eigenvalue weighted by Gasteiger charge is 2.26. The van der Waals surface area contributed by atoms with E-state index in [1.165, 1.54) is 58.2 Å². The Morgan fingerprint density at radius 1 is 1.18 bits per heavy atom. The lowest BCUT2D eigenvalue weighted by molar-refractivity contribution is 0.0370. The summed E-state index contributed by atoms with van der Waals surface area (Å²) in [5, 5.41) is 3.78. The van der Waals surface area contributed by atoms with Crippen molar-refractivity contribution in [1.82, 2.24) is 10.2 Å². The van der Waals surface area contributed by atoms with Crippen molar-refractivity contribution in [2.45, 2.75) is 63.6 Å². The first-order chi connectivity index (χ1) is 8.29. The molecule has 1 heterocycles. The largest absolute Gasteiger partial charge is 0.380 e. The van der Waals surface area contributed by atoms with Crippen LogP contribution in [0, 0.1) is 0 Å². The Kier molecular flexibility index (Phi) is 5.26. The fourth-order valence-corrected chi connectivity index (χ4v) is 3.34. The van der Waals surface area contributed by atoms with Crippen LogP contribution in [0.2, 0.25) is 0 Å². The lowest BCUT2D eigenvalue weighted by Gasteiger charge is -2.34. The molecule has 100 valence electrons. The summed E-state index contributed by atoms with van der Waals surface area (Å²) < 4.78 is 5.60. The van der Waals surface area contributed by atoms with E-state index in [0.717, 1.165) is 0 Å². The molecular formula is C14H28N2O. The summed E-state index contributed by atoms with van der Waals surface area (Å²) >= 11 is 0. The highest BCUT2D eigenvalue weighted by atomic mass is 16.5. The van der Waals surface area contributed by atoms with Gasteiger partial charge in [0.25, 0.3) is 0 Å². The second-order valence-corrected chi connectivity index (χ2v) is 5.74. The third kappa shape index (κ3) is 3.94. The molecule has 3 unspecified atom stereocenters. The number of methoxy groups -OCH3 is 1. The molecule has 3 heteroatoms. The van der Waals surface area contributed by atoms with E-state index in [2.05, 4.69) is 17.1 Å². The average molecular weight is 240 g/mol. The van der Waals surface area contributed by atoms with Crippen LogP contribution in [0.25, 0.3) is 0 Å². The van der Waals surface area contributed by atoms with E-state index >= 15 is 0 Å². The molecular weight excluding hydrogens is 212 g/mol. The highest BCUT2D eigenvalue weighted by Crippen LogP contribution is 2.21. The van der Waals surface area contributed by atoms with E-state index < -0.39 is 0 Å². The molecule has 1 saturated heterocycles. The molecule has 3 nitrogen and oxygen atoms in total. The topological polar surface area (TPSA) is 24.5 Å². The van der Waals surface area contributed by atoms with Crippen LogP contribution < -0.4 is 5.32 Å². The molecule has 1 aliphatic heterocycles. The molecule has 1 saturated carbocycles. The maximum atomic E-state index is 5.60. The van der Waals surface area contributed by atoms with Gasteiger partial charge in [0.15, 0.2) is 0 Å². The summed E-state index contributed by atoms with van der Waals surface area (Å²) in [6.07, 6.45) is 8.40. The van der Waals surface area contributed by atoms with Gasteiger partial charge in [0.05, 0.1) is 6.10 Å². The van der Waals surface area contributed by atoms with E-state index in [1.54, 1.807) is 0 Å². The summed E-state index contributed by atoms with van der Waals surface area (Å²) in [6, 6.07) is 1.17. The quantitative estimate of drug-likeness (QED) is 0.795. The maximum absolute atomic E-state index is 5.60. The summed E-state index contributed by atoms with van der Waals surface area (Å²) in [7, 11) is 1.86. The number of likely N-dealkylation sites (tertiary alicyclic amines) is 1. The minimum Gasteiger partial charge on any atom is -0.380 e. The molecule has 17 heavy (non-hydrogen) atoms. The number of nitrogens with one attached hydrogen (secondary N) is 1. The second-order valence-electron chi connectivity index (χ2n) is 5.74. The zero-order valence-corrected chi connectivity index (χ0v) is 11.5. The SMILES string of the molecule is COC1CCCCC1NC(C)CN1CCCC1. The minimum atomic E-state index is 0.435. The Hall–Kier alpha value is -0.120. The smallest absolute Gasteiger partial charge is 0.0724 e. The maximum Gasteiger partial charge on any atom is 0.0724 e. The van der Waals surface area contributed by atoms with E-state index in [9.17, 15) is 0 Å². The van der Waals surface area contributed by atoms with Crippen molar-refractivity contribution in [1.29, 1.82) is 0 Å². The summed E-state index contributed by atoms with van der Waals surface area (Å²) in [5.41, 5.74) is 0. The van der Waals surface area contributed by atoms with Crippen LogP contribution in [-0.2, 0) is 4.74 Å². The van der Waals surface area contributed by atoms with Crippen LogP contribution in [0.15, 0.2) is 0 Å². The second kappa shape index (κ2) is 6.72. The van der Waals surface area contributed by atoms with Gasteiger partial charge in [-0.05, 0) is 45.7 Å². The summed E-state index contributed by atoms with van der Waals surface area (Å²) in [6.45, 7) is 6.11. The Labute approximate surface area is 106 Å². The predicted octanol–water partition coefficient (Wildman–Crippen LogP) is 2.02. The number of hydrogen-bond donors (Lipinski definition) is 1. The Morgan fingerprint density at radius 2 is 1.88 bits per heavy atom. The van der Waals surface area contributed by atoms with Gasteiger partial charge in [-0.2, -0.15) is 0 Å². The van der Waals surface area contributed by atoms with Gasteiger partial charge in [-0.25, -0.2) is 0 Å². The van der Waals surface area contributed by atoms with Crippen molar-refractivity contribution < 1.29 is 4.74 Å². The molecule has 0 aromatic carbocycles. The van der Waals surface area contributed by atoms with Crippen molar-refractivity contribution in [2.24, 2.45) is 0 Å². The third-order valence-corrected chi connectivity index (χ3v) is 4.23. The zero-order valence-electron chi connectivity index (χ0n) is 11.5. The molecule has 0 aromatic rings. The van der Waals surface area contributed by atoms with Gasteiger partial charge in [-0.15, -0.1) is 0 Å². The monoisotopic (exact) mass is 240 g/mol. The predicted molar refractivity (Wildman–Crippen MR) is 71.3 cm³/mol. The van der Waals surface area contributed by atoms with E-state index in [0.29, 0.717) is 18.2 Å². The van der Waals surface area contributed by atoms with Crippen LogP contribution in [-0.4, -0.2) is 49.8 Å². The van der Waals surface area contributed by atoms with Crippen molar-refractivity contribution in [3.63, 3.8) is 0 Å². The highest BCUT2D eigenvalue weighted by molar-refractivity contribution is 4.84. The van der Waals surface area contributed by atoms with E-state index in [1.807, 2.05) is 7.11 Å². The van der Waals surface area contributed by atoms with Gasteiger partial charge in [-0.1, -0.05) is 12.8 Å². The summed E-state index contributed by atoms with van der Waals surface area (Å²) in [4.78, 5) is 2.59. The zero-order chi connectivity index (χ0) is 12.1. The van der Waals surface area contributed by atoms with Crippen LogP contribution >= 0.6 is 0 Å². The summed E-state index contributed by atoms with van der Waals surface area (Å²) in [5.74, 6) is 0. The molecule has 0 aromatic heterocycles. The van der Waals surface area contributed by atoms with Crippen molar-refractivity contribution >= 4 is 0 Å². The fraction of sp³-hybridized carbons (Fsp3) is 1.00. The molecule has 0 radical (unpaired) electrons. The first kappa shape index (κ1) is 13.3. The number of ether oxygens (including phenoxy) is 1. The third-order valence-electron chi connectivity index (χ3n) is 4.23. The van der Waals surface area contributed by atoms with Gasteiger partial charge in [0.1, 0.15) is 0 Å².